The van der Waals surface area contributed by atoms with Crippen LogP contribution in [0.2, 0.25) is 0 Å². The molecule has 34 heavy (non-hydrogen) atoms. The molecule has 0 radical (unpaired) electrons. The second kappa shape index (κ2) is 9.00. The summed E-state index contributed by atoms with van der Waals surface area (Å²) >= 11 is 3.51. The predicted molar refractivity (Wildman–Crippen MR) is 137 cm³/mol. The lowest BCUT2D eigenvalue weighted by molar-refractivity contribution is 0.355. The smallest absolute Gasteiger partial charge is 0.261 e. The second-order valence-corrected chi connectivity index (χ2v) is 11.0. The number of sulfonamides is 1. The lowest BCUT2D eigenvalue weighted by atomic mass is 9.77. The summed E-state index contributed by atoms with van der Waals surface area (Å²) in [7, 11) is -0.744. The Kier molecular flexibility index (Phi) is 6.04. The molecule has 1 aliphatic heterocycles. The number of ether oxygens (including phenoxy) is 2. The van der Waals surface area contributed by atoms with Crippen molar-refractivity contribution in [2.75, 3.05) is 24.3 Å². The van der Waals surface area contributed by atoms with Crippen molar-refractivity contribution in [2.24, 2.45) is 5.92 Å². The molecule has 3 aromatic rings. The van der Waals surface area contributed by atoms with Crippen LogP contribution >= 0.6 is 15.9 Å². The van der Waals surface area contributed by atoms with Gasteiger partial charge in [0.05, 0.1) is 30.8 Å². The third-order valence-electron chi connectivity index (χ3n) is 6.51. The molecule has 3 aromatic carbocycles. The molecule has 0 saturated carbocycles. The van der Waals surface area contributed by atoms with Gasteiger partial charge in [0.25, 0.3) is 10.0 Å². The average Bonchev–Trinajstić information content (AvgIpc) is 3.34. The molecule has 0 aromatic heterocycles. The fraction of sp³-hybridized carbons (Fsp3) is 0.231. The van der Waals surface area contributed by atoms with Crippen molar-refractivity contribution < 1.29 is 17.9 Å². The highest BCUT2D eigenvalue weighted by molar-refractivity contribution is 9.10. The van der Waals surface area contributed by atoms with Gasteiger partial charge in [-0.15, -0.1) is 0 Å². The van der Waals surface area contributed by atoms with E-state index in [9.17, 15) is 8.42 Å². The van der Waals surface area contributed by atoms with Gasteiger partial charge < -0.3 is 14.8 Å². The van der Waals surface area contributed by atoms with Crippen LogP contribution in [0.25, 0.3) is 0 Å². The number of allylic oxidation sites excluding steroid dienone is 2. The Balaban J connectivity index is 1.46. The summed E-state index contributed by atoms with van der Waals surface area (Å²) in [5, 5.41) is 3.66. The van der Waals surface area contributed by atoms with E-state index in [0.717, 1.165) is 22.1 Å². The van der Waals surface area contributed by atoms with Crippen LogP contribution < -0.4 is 19.5 Å². The van der Waals surface area contributed by atoms with E-state index in [2.05, 4.69) is 62.4 Å². The zero-order chi connectivity index (χ0) is 23.9. The van der Waals surface area contributed by atoms with E-state index in [1.165, 1.54) is 19.8 Å². The highest BCUT2D eigenvalue weighted by Gasteiger charge is 2.38. The van der Waals surface area contributed by atoms with E-state index in [0.29, 0.717) is 23.1 Å². The van der Waals surface area contributed by atoms with Crippen molar-refractivity contribution in [3.63, 3.8) is 0 Å². The van der Waals surface area contributed by atoms with Gasteiger partial charge in [0.15, 0.2) is 11.5 Å². The number of rotatable bonds is 6. The van der Waals surface area contributed by atoms with Gasteiger partial charge in [-0.3, -0.25) is 4.72 Å². The van der Waals surface area contributed by atoms with Crippen LogP contribution in [0.5, 0.6) is 11.5 Å². The Hall–Kier alpha value is -2.97. The molecule has 0 unspecified atom stereocenters. The molecule has 0 fully saturated rings. The van der Waals surface area contributed by atoms with E-state index in [-0.39, 0.29) is 16.9 Å². The van der Waals surface area contributed by atoms with E-state index >= 15 is 0 Å². The van der Waals surface area contributed by atoms with Crippen LogP contribution in [0, 0.1) is 5.92 Å². The molecule has 6 nitrogen and oxygen atoms in total. The van der Waals surface area contributed by atoms with Gasteiger partial charge in [0.2, 0.25) is 0 Å². The number of benzene rings is 3. The summed E-state index contributed by atoms with van der Waals surface area (Å²) in [5.41, 5.74) is 3.59. The van der Waals surface area contributed by atoms with E-state index in [1.807, 2.05) is 6.07 Å². The van der Waals surface area contributed by atoms with Crippen molar-refractivity contribution in [3.8, 4) is 11.5 Å². The number of nitrogens with one attached hydrogen (secondary N) is 2. The van der Waals surface area contributed by atoms with Crippen LogP contribution in [-0.2, 0) is 10.0 Å². The third kappa shape index (κ3) is 4.16. The van der Waals surface area contributed by atoms with Crippen LogP contribution in [0.4, 0.5) is 11.4 Å². The van der Waals surface area contributed by atoms with Gasteiger partial charge >= 0.3 is 0 Å². The maximum absolute atomic E-state index is 13.2. The van der Waals surface area contributed by atoms with E-state index in [1.54, 1.807) is 30.3 Å². The monoisotopic (exact) mass is 540 g/mol. The Morgan fingerprint density at radius 3 is 2.47 bits per heavy atom. The van der Waals surface area contributed by atoms with Gasteiger partial charge in [-0.1, -0.05) is 40.2 Å². The summed E-state index contributed by atoms with van der Waals surface area (Å²) < 4.78 is 40.7. The molecule has 1 aliphatic carbocycles. The number of hydrogen-bond donors (Lipinski definition) is 2. The van der Waals surface area contributed by atoms with Crippen molar-refractivity contribution in [1.82, 2.24) is 0 Å². The number of fused-ring (bicyclic) bond motifs is 3. The molecular formula is C26H25BrN2O4S. The van der Waals surface area contributed by atoms with Gasteiger partial charge in [0.1, 0.15) is 0 Å². The minimum absolute atomic E-state index is 0.154. The minimum Gasteiger partial charge on any atom is -0.493 e. The SMILES string of the molecule is COc1ccc(NS(=O)(=O)c2ccc3c(c2)[C@H]2C=CC[C@H]2[C@@H](c2ccc(Br)cc2)N3)cc1OC. The first-order chi connectivity index (χ1) is 16.4. The molecule has 2 aliphatic rings. The van der Waals surface area contributed by atoms with Crippen molar-refractivity contribution >= 4 is 37.3 Å². The van der Waals surface area contributed by atoms with Gasteiger partial charge in [-0.2, -0.15) is 0 Å². The summed E-state index contributed by atoms with van der Waals surface area (Å²) in [6.45, 7) is 0. The zero-order valence-corrected chi connectivity index (χ0v) is 21.2. The fourth-order valence-corrected chi connectivity index (χ4v) is 6.20. The number of hydrogen-bond acceptors (Lipinski definition) is 5. The van der Waals surface area contributed by atoms with Gasteiger partial charge in [-0.25, -0.2) is 8.42 Å². The molecule has 8 heteroatoms. The predicted octanol–water partition coefficient (Wildman–Crippen LogP) is 6.09. The second-order valence-electron chi connectivity index (χ2n) is 8.45. The van der Waals surface area contributed by atoms with Crippen LogP contribution in [0.15, 0.2) is 82.2 Å². The van der Waals surface area contributed by atoms with Gasteiger partial charge in [0, 0.05) is 22.1 Å². The third-order valence-corrected chi connectivity index (χ3v) is 8.42. The Bertz CT molecular complexity index is 1360. The molecule has 2 N–H and O–H groups in total. The summed E-state index contributed by atoms with van der Waals surface area (Å²) in [5.74, 6) is 1.46. The lowest BCUT2D eigenvalue weighted by Gasteiger charge is -2.37. The average molecular weight is 541 g/mol. The molecule has 5 rings (SSSR count). The normalized spacial score (nSPS) is 20.7. The molecule has 0 amide bonds. The van der Waals surface area contributed by atoms with Crippen molar-refractivity contribution in [2.45, 2.75) is 23.3 Å². The fourth-order valence-electron chi connectivity index (χ4n) is 4.85. The lowest BCUT2D eigenvalue weighted by Crippen LogP contribution is -2.29. The quantitative estimate of drug-likeness (QED) is 0.369. The maximum Gasteiger partial charge on any atom is 0.261 e. The summed E-state index contributed by atoms with van der Waals surface area (Å²) in [6, 6.07) is 18.8. The maximum atomic E-state index is 13.2. The molecular weight excluding hydrogens is 516 g/mol. The zero-order valence-electron chi connectivity index (χ0n) is 18.8. The number of anilines is 2. The molecule has 0 bridgehead atoms. The van der Waals surface area contributed by atoms with Crippen molar-refractivity contribution in [1.29, 1.82) is 0 Å². The van der Waals surface area contributed by atoms with E-state index < -0.39 is 10.0 Å². The van der Waals surface area contributed by atoms with Crippen LogP contribution in [0.3, 0.4) is 0 Å². The molecule has 3 atom stereocenters. The number of methoxy groups -OCH3 is 2. The molecule has 0 saturated heterocycles. The Morgan fingerprint density at radius 2 is 1.74 bits per heavy atom. The van der Waals surface area contributed by atoms with Gasteiger partial charge in [-0.05, 0) is 65.9 Å². The molecule has 0 spiro atoms. The largest absolute Gasteiger partial charge is 0.493 e. The first kappa shape index (κ1) is 22.8. The van der Waals surface area contributed by atoms with Crippen molar-refractivity contribution in [3.05, 3.63) is 88.4 Å². The first-order valence-corrected chi connectivity index (χ1v) is 13.2. The Morgan fingerprint density at radius 1 is 0.971 bits per heavy atom. The van der Waals surface area contributed by atoms with E-state index in [4.69, 9.17) is 9.47 Å². The summed E-state index contributed by atoms with van der Waals surface area (Å²) in [6.07, 6.45) is 5.34. The topological polar surface area (TPSA) is 76.7 Å². The highest BCUT2D eigenvalue weighted by Crippen LogP contribution is 2.50. The Labute approximate surface area is 208 Å². The highest BCUT2D eigenvalue weighted by atomic mass is 79.9. The molecule has 176 valence electrons. The number of halogens is 1. The molecule has 1 heterocycles. The van der Waals surface area contributed by atoms with Crippen LogP contribution in [-0.4, -0.2) is 22.6 Å². The van der Waals surface area contributed by atoms with Crippen LogP contribution in [0.1, 0.15) is 29.5 Å². The summed E-state index contributed by atoms with van der Waals surface area (Å²) in [4.78, 5) is 0.226. The standard InChI is InChI=1S/C26H25BrN2O4S/c1-32-24-13-10-18(14-25(24)33-2)29-34(30,31)19-11-12-23-22(15-19)20-4-3-5-21(20)26(28-23)16-6-8-17(27)9-7-16/h3-4,6-15,20-21,26,28-29H,5H2,1-2H3/t20-,21+,26+/m0/s1. The minimum atomic E-state index is -3.79. The first-order valence-electron chi connectivity index (χ1n) is 11.0.